The van der Waals surface area contributed by atoms with Crippen molar-refractivity contribution in [1.29, 1.82) is 5.26 Å². The fraction of sp³-hybridized carbons (Fsp3) is 0.105. The summed E-state index contributed by atoms with van der Waals surface area (Å²) in [5, 5.41) is 10.8. The van der Waals surface area contributed by atoms with Crippen molar-refractivity contribution in [1.82, 2.24) is 0 Å². The SMILES string of the molecule is N#Cc1cc(-c2ccc3c(c2)N(S(=O)(=O)c2ccc(N)cc2)CCS3(=O)=O)cs1. The van der Waals surface area contributed by atoms with Gasteiger partial charge in [-0.15, -0.1) is 11.3 Å². The highest BCUT2D eigenvalue weighted by Gasteiger charge is 2.35. The van der Waals surface area contributed by atoms with Gasteiger partial charge in [0.1, 0.15) is 10.9 Å². The van der Waals surface area contributed by atoms with Crippen LogP contribution in [0.5, 0.6) is 0 Å². The van der Waals surface area contributed by atoms with Gasteiger partial charge in [0.25, 0.3) is 10.0 Å². The lowest BCUT2D eigenvalue weighted by molar-refractivity contribution is 0.584. The molecule has 0 fully saturated rings. The van der Waals surface area contributed by atoms with E-state index in [4.69, 9.17) is 11.0 Å². The van der Waals surface area contributed by atoms with E-state index in [2.05, 4.69) is 6.07 Å². The molecule has 0 unspecified atom stereocenters. The molecule has 2 aromatic carbocycles. The maximum Gasteiger partial charge on any atom is 0.264 e. The number of nitrogens with two attached hydrogens (primary N) is 1. The summed E-state index contributed by atoms with van der Waals surface area (Å²) in [5.74, 6) is -0.301. The highest BCUT2D eigenvalue weighted by atomic mass is 32.2. The number of nitriles is 1. The number of thiophene rings is 1. The number of benzene rings is 2. The summed E-state index contributed by atoms with van der Waals surface area (Å²) in [4.78, 5) is 0.517. The van der Waals surface area contributed by atoms with Gasteiger partial charge in [-0.1, -0.05) is 6.07 Å². The van der Waals surface area contributed by atoms with E-state index >= 15 is 0 Å². The molecule has 4 rings (SSSR count). The predicted octanol–water partition coefficient (Wildman–Crippen LogP) is 2.85. The third kappa shape index (κ3) is 3.37. The van der Waals surface area contributed by atoms with Gasteiger partial charge in [0.05, 0.1) is 21.2 Å². The minimum absolute atomic E-state index is 0.0257. The summed E-state index contributed by atoms with van der Waals surface area (Å²) in [6.45, 7) is -0.182. The van der Waals surface area contributed by atoms with E-state index in [0.717, 1.165) is 9.87 Å². The smallest absolute Gasteiger partial charge is 0.264 e. The van der Waals surface area contributed by atoms with Gasteiger partial charge in [-0.05, 0) is 59.0 Å². The average Bonchev–Trinajstić information content (AvgIpc) is 3.17. The van der Waals surface area contributed by atoms with Crippen LogP contribution in [0.3, 0.4) is 0 Å². The zero-order valence-electron chi connectivity index (χ0n) is 14.9. The van der Waals surface area contributed by atoms with Crippen LogP contribution in [0, 0.1) is 11.3 Å². The van der Waals surface area contributed by atoms with Crippen LogP contribution in [-0.2, 0) is 19.9 Å². The number of sulfonamides is 1. The predicted molar refractivity (Wildman–Crippen MR) is 112 cm³/mol. The van der Waals surface area contributed by atoms with Crippen LogP contribution < -0.4 is 10.0 Å². The van der Waals surface area contributed by atoms with E-state index in [1.807, 2.05) is 0 Å². The Bertz CT molecular complexity index is 1350. The monoisotopic (exact) mass is 445 g/mol. The number of nitrogen functional groups attached to an aromatic ring is 1. The van der Waals surface area contributed by atoms with E-state index in [0.29, 0.717) is 16.1 Å². The highest BCUT2D eigenvalue weighted by molar-refractivity contribution is 7.94. The van der Waals surface area contributed by atoms with Crippen molar-refractivity contribution in [2.45, 2.75) is 9.79 Å². The third-order valence-electron chi connectivity index (χ3n) is 4.64. The number of fused-ring (bicyclic) bond motifs is 1. The molecule has 0 atom stereocenters. The van der Waals surface area contributed by atoms with E-state index < -0.39 is 19.9 Å². The maximum atomic E-state index is 13.2. The Morgan fingerprint density at radius 1 is 1.07 bits per heavy atom. The van der Waals surface area contributed by atoms with Crippen LogP contribution in [0.2, 0.25) is 0 Å². The molecule has 0 radical (unpaired) electrons. The van der Waals surface area contributed by atoms with E-state index in [9.17, 15) is 16.8 Å². The van der Waals surface area contributed by atoms with Crippen molar-refractivity contribution in [3.63, 3.8) is 0 Å². The summed E-state index contributed by atoms with van der Waals surface area (Å²) >= 11 is 1.26. The Hall–Kier alpha value is -2.87. The second-order valence-corrected chi connectivity index (χ2v) is 11.3. The Labute approximate surface area is 172 Å². The molecule has 0 amide bonds. The van der Waals surface area contributed by atoms with Crippen molar-refractivity contribution in [3.05, 3.63) is 58.8 Å². The molecule has 0 aliphatic carbocycles. The Kier molecular flexibility index (Phi) is 4.61. The van der Waals surface area contributed by atoms with Gasteiger partial charge in [0.2, 0.25) is 0 Å². The van der Waals surface area contributed by atoms with Crippen LogP contribution in [0.4, 0.5) is 11.4 Å². The van der Waals surface area contributed by atoms with Crippen molar-refractivity contribution >= 4 is 42.6 Å². The summed E-state index contributed by atoms with van der Waals surface area (Å²) in [5.41, 5.74) is 7.54. The fourth-order valence-corrected chi connectivity index (χ4v) is 6.91. The first-order valence-corrected chi connectivity index (χ1v) is 12.4. The topological polar surface area (TPSA) is 121 Å². The van der Waals surface area contributed by atoms with Crippen LogP contribution in [0.1, 0.15) is 4.88 Å². The molecule has 7 nitrogen and oxygen atoms in total. The van der Waals surface area contributed by atoms with E-state index in [1.54, 1.807) is 23.6 Å². The molecule has 29 heavy (non-hydrogen) atoms. The van der Waals surface area contributed by atoms with Crippen LogP contribution in [0.25, 0.3) is 11.1 Å². The molecule has 2 heterocycles. The molecule has 1 aliphatic heterocycles. The number of sulfone groups is 1. The molecular formula is C19H15N3O4S3. The van der Waals surface area contributed by atoms with Gasteiger partial charge in [0.15, 0.2) is 9.84 Å². The van der Waals surface area contributed by atoms with E-state index in [-0.39, 0.29) is 27.8 Å². The first-order valence-electron chi connectivity index (χ1n) is 8.46. The lowest BCUT2D eigenvalue weighted by Crippen LogP contribution is -2.39. The first-order chi connectivity index (χ1) is 13.7. The van der Waals surface area contributed by atoms with Gasteiger partial charge < -0.3 is 5.73 Å². The molecule has 0 saturated carbocycles. The highest BCUT2D eigenvalue weighted by Crippen LogP contribution is 2.38. The van der Waals surface area contributed by atoms with Gasteiger partial charge in [-0.2, -0.15) is 5.26 Å². The molecule has 0 bridgehead atoms. The molecule has 10 heteroatoms. The number of nitrogens with zero attached hydrogens (tertiary/aromatic N) is 2. The summed E-state index contributed by atoms with van der Waals surface area (Å²) in [6, 6.07) is 14.1. The van der Waals surface area contributed by atoms with Crippen molar-refractivity contribution < 1.29 is 16.8 Å². The Morgan fingerprint density at radius 2 is 1.79 bits per heavy atom. The zero-order chi connectivity index (χ0) is 20.8. The van der Waals surface area contributed by atoms with Crippen molar-refractivity contribution in [2.75, 3.05) is 22.3 Å². The van der Waals surface area contributed by atoms with Crippen LogP contribution in [0.15, 0.2) is 63.7 Å². The standard InChI is InChI=1S/C19H15N3O4S3/c20-11-16-9-14(12-27-16)13-1-6-19-18(10-13)22(7-8-28(19,23)24)29(25,26)17-4-2-15(21)3-5-17/h1-6,9-10,12H,7-8,21H2. The minimum atomic E-state index is -3.98. The second kappa shape index (κ2) is 6.88. The van der Waals surface area contributed by atoms with Crippen LogP contribution in [-0.4, -0.2) is 29.1 Å². The third-order valence-corrected chi connectivity index (χ3v) is 9.03. The minimum Gasteiger partial charge on any atom is -0.399 e. The maximum absolute atomic E-state index is 13.2. The number of rotatable bonds is 3. The Morgan fingerprint density at radius 3 is 2.45 bits per heavy atom. The van der Waals surface area contributed by atoms with Gasteiger partial charge in [-0.25, -0.2) is 16.8 Å². The van der Waals surface area contributed by atoms with Gasteiger partial charge in [-0.3, -0.25) is 4.31 Å². The van der Waals surface area contributed by atoms with Gasteiger partial charge in [0, 0.05) is 12.2 Å². The molecule has 148 valence electrons. The second-order valence-electron chi connectivity index (χ2n) is 6.46. The summed E-state index contributed by atoms with van der Waals surface area (Å²) in [7, 11) is -7.58. The molecule has 2 N–H and O–H groups in total. The molecular weight excluding hydrogens is 430 g/mol. The molecule has 1 aliphatic rings. The molecule has 3 aromatic rings. The summed E-state index contributed by atoms with van der Waals surface area (Å²) in [6.07, 6.45) is 0. The molecule has 1 aromatic heterocycles. The fourth-order valence-electron chi connectivity index (χ4n) is 3.15. The zero-order valence-corrected chi connectivity index (χ0v) is 17.4. The lowest BCUT2D eigenvalue weighted by atomic mass is 10.1. The van der Waals surface area contributed by atoms with Crippen molar-refractivity contribution in [3.8, 4) is 17.2 Å². The van der Waals surface area contributed by atoms with E-state index in [1.165, 1.54) is 41.7 Å². The number of hydrogen-bond acceptors (Lipinski definition) is 7. The summed E-state index contributed by atoms with van der Waals surface area (Å²) < 4.78 is 52.7. The number of anilines is 2. The van der Waals surface area contributed by atoms with Gasteiger partial charge >= 0.3 is 0 Å². The molecule has 0 saturated heterocycles. The molecule has 0 spiro atoms. The normalized spacial score (nSPS) is 15.5. The quantitative estimate of drug-likeness (QED) is 0.619. The number of hydrogen-bond donors (Lipinski definition) is 1. The van der Waals surface area contributed by atoms with Crippen LogP contribution >= 0.6 is 11.3 Å². The first kappa shape index (κ1) is 19.4. The lowest BCUT2D eigenvalue weighted by Gasteiger charge is -2.30. The average molecular weight is 446 g/mol. The van der Waals surface area contributed by atoms with Crippen molar-refractivity contribution in [2.24, 2.45) is 0 Å². The largest absolute Gasteiger partial charge is 0.399 e. The Balaban J connectivity index is 1.88.